The van der Waals surface area contributed by atoms with Crippen LogP contribution in [-0.2, 0) is 33.2 Å². The molecule has 2 aliphatic heterocycles. The molecular formula is C15H16O9S. The first kappa shape index (κ1) is 17.5. The van der Waals surface area contributed by atoms with Crippen LogP contribution in [0.5, 0.6) is 0 Å². The van der Waals surface area contributed by atoms with Crippen molar-refractivity contribution >= 4 is 22.4 Å². The molecule has 1 aromatic rings. The molecule has 136 valence electrons. The Bertz CT molecular complexity index is 771. The minimum absolute atomic E-state index is 0.0725. The van der Waals surface area contributed by atoms with Gasteiger partial charge in [-0.05, 0) is 26.0 Å². The van der Waals surface area contributed by atoms with Gasteiger partial charge in [-0.15, -0.1) is 0 Å². The molecule has 2 heterocycles. The van der Waals surface area contributed by atoms with Gasteiger partial charge >= 0.3 is 12.3 Å². The third-order valence-corrected chi connectivity index (χ3v) is 5.15. The lowest BCUT2D eigenvalue weighted by atomic mass is 10.0. The summed E-state index contributed by atoms with van der Waals surface area (Å²) in [6.07, 6.45) is -6.56. The van der Waals surface area contributed by atoms with Gasteiger partial charge in [0.25, 0.3) is 10.1 Å². The van der Waals surface area contributed by atoms with Crippen LogP contribution in [0.4, 0.5) is 9.59 Å². The minimum Gasteiger partial charge on any atom is -0.430 e. The molecule has 3 rings (SSSR count). The molecule has 0 aliphatic carbocycles. The van der Waals surface area contributed by atoms with Crippen molar-refractivity contribution in [3.63, 3.8) is 0 Å². The highest BCUT2D eigenvalue weighted by Crippen LogP contribution is 2.28. The maximum atomic E-state index is 12.5. The van der Waals surface area contributed by atoms with Crippen LogP contribution in [-0.4, -0.2) is 51.8 Å². The van der Waals surface area contributed by atoms with Crippen molar-refractivity contribution in [1.82, 2.24) is 0 Å². The van der Waals surface area contributed by atoms with E-state index in [9.17, 15) is 18.0 Å². The number of cyclic esters (lactones) is 2. The van der Waals surface area contributed by atoms with Crippen LogP contribution in [0.25, 0.3) is 0 Å². The number of rotatable bonds is 3. The van der Waals surface area contributed by atoms with Crippen molar-refractivity contribution in [3.05, 3.63) is 29.8 Å². The molecule has 10 heteroatoms. The molecule has 0 aromatic heterocycles. The summed E-state index contributed by atoms with van der Waals surface area (Å²) in [6.45, 7) is 2.95. The normalized spacial score (nSPS) is 29.4. The number of carbonyl (C=O) groups excluding carboxylic acids is 2. The highest BCUT2D eigenvalue weighted by molar-refractivity contribution is 7.86. The topological polar surface area (TPSA) is 114 Å². The summed E-state index contributed by atoms with van der Waals surface area (Å²) in [6, 6.07) is 6.02. The molecule has 9 nitrogen and oxygen atoms in total. The van der Waals surface area contributed by atoms with E-state index < -0.39 is 46.8 Å². The van der Waals surface area contributed by atoms with E-state index in [-0.39, 0.29) is 11.5 Å². The Morgan fingerprint density at radius 1 is 1.04 bits per heavy atom. The van der Waals surface area contributed by atoms with Crippen LogP contribution in [0.2, 0.25) is 0 Å². The molecule has 4 atom stereocenters. The van der Waals surface area contributed by atoms with Crippen molar-refractivity contribution in [2.75, 3.05) is 6.61 Å². The molecule has 0 amide bonds. The zero-order chi connectivity index (χ0) is 18.2. The zero-order valence-electron chi connectivity index (χ0n) is 13.4. The summed E-state index contributed by atoms with van der Waals surface area (Å²) in [7, 11) is -4.19. The maximum Gasteiger partial charge on any atom is 0.509 e. The molecule has 0 N–H and O–H groups in total. The summed E-state index contributed by atoms with van der Waals surface area (Å²) in [5, 5.41) is 0. The first-order valence-corrected chi connectivity index (χ1v) is 8.88. The molecule has 2 aliphatic rings. The van der Waals surface area contributed by atoms with E-state index >= 15 is 0 Å². The lowest BCUT2D eigenvalue weighted by Crippen LogP contribution is -2.52. The summed E-state index contributed by atoms with van der Waals surface area (Å²) < 4.78 is 49.9. The van der Waals surface area contributed by atoms with Crippen LogP contribution in [0.1, 0.15) is 12.5 Å². The Kier molecular flexibility index (Phi) is 4.56. The van der Waals surface area contributed by atoms with Gasteiger partial charge in [-0.2, -0.15) is 8.42 Å². The van der Waals surface area contributed by atoms with Gasteiger partial charge in [0, 0.05) is 0 Å². The van der Waals surface area contributed by atoms with Crippen molar-refractivity contribution in [3.8, 4) is 0 Å². The lowest BCUT2D eigenvalue weighted by Gasteiger charge is -2.32. The van der Waals surface area contributed by atoms with Crippen LogP contribution < -0.4 is 0 Å². The molecule has 1 aromatic carbocycles. The van der Waals surface area contributed by atoms with Crippen molar-refractivity contribution in [2.45, 2.75) is 43.2 Å². The summed E-state index contributed by atoms with van der Waals surface area (Å²) >= 11 is 0. The van der Waals surface area contributed by atoms with Gasteiger partial charge in [0.05, 0.1) is 4.90 Å². The fourth-order valence-electron chi connectivity index (χ4n) is 2.52. The van der Waals surface area contributed by atoms with E-state index in [0.717, 1.165) is 5.56 Å². The Morgan fingerprint density at radius 3 is 2.40 bits per heavy atom. The minimum atomic E-state index is -4.19. The largest absolute Gasteiger partial charge is 0.509 e. The standard InChI is InChI=1S/C15H16O9S/c1-8-3-5-10(6-4-8)25(18,19)24-12-9(2)21-15(17)22-11-7-20-14(16)23-13(11)12/h3-6,9,11-13H,7H2,1-2H3. The highest BCUT2D eigenvalue weighted by atomic mass is 32.2. The summed E-state index contributed by atoms with van der Waals surface area (Å²) in [4.78, 5) is 22.9. The second-order valence-electron chi connectivity index (χ2n) is 5.70. The van der Waals surface area contributed by atoms with Crippen molar-refractivity contribution < 1.29 is 41.1 Å². The second kappa shape index (κ2) is 6.52. The number of ether oxygens (including phenoxy) is 4. The van der Waals surface area contributed by atoms with Gasteiger partial charge < -0.3 is 18.9 Å². The molecule has 0 spiro atoms. The van der Waals surface area contributed by atoms with Gasteiger partial charge in [-0.25, -0.2) is 9.59 Å². The van der Waals surface area contributed by atoms with Crippen LogP contribution in [0.3, 0.4) is 0 Å². The smallest absolute Gasteiger partial charge is 0.430 e. The lowest BCUT2D eigenvalue weighted by molar-refractivity contribution is -0.126. The molecule has 0 radical (unpaired) electrons. The molecule has 2 saturated heterocycles. The highest BCUT2D eigenvalue weighted by Gasteiger charge is 2.49. The monoisotopic (exact) mass is 372 g/mol. The second-order valence-corrected chi connectivity index (χ2v) is 7.27. The Hall–Kier alpha value is -2.33. The maximum absolute atomic E-state index is 12.5. The summed E-state index contributed by atoms with van der Waals surface area (Å²) in [5.41, 5.74) is 0.877. The fourth-order valence-corrected chi connectivity index (χ4v) is 3.66. The van der Waals surface area contributed by atoms with E-state index in [1.54, 1.807) is 12.1 Å². The molecular weight excluding hydrogens is 356 g/mol. The first-order valence-electron chi connectivity index (χ1n) is 7.47. The Balaban J connectivity index is 1.90. The van der Waals surface area contributed by atoms with E-state index in [4.69, 9.17) is 18.4 Å². The third kappa shape index (κ3) is 3.69. The van der Waals surface area contributed by atoms with Gasteiger partial charge in [0.2, 0.25) is 0 Å². The number of aryl methyl sites for hydroxylation is 1. The molecule has 0 bridgehead atoms. The van der Waals surface area contributed by atoms with E-state index in [1.807, 2.05) is 6.92 Å². The third-order valence-electron chi connectivity index (χ3n) is 3.83. The predicted molar refractivity (Wildman–Crippen MR) is 80.3 cm³/mol. The predicted octanol–water partition coefficient (Wildman–Crippen LogP) is 1.53. The summed E-state index contributed by atoms with van der Waals surface area (Å²) in [5.74, 6) is 0. The number of benzene rings is 1. The number of carbonyl (C=O) groups is 2. The van der Waals surface area contributed by atoms with Gasteiger partial charge in [-0.1, -0.05) is 17.7 Å². The number of fused-ring (bicyclic) bond motifs is 1. The molecule has 25 heavy (non-hydrogen) atoms. The van der Waals surface area contributed by atoms with Gasteiger partial charge in [0.15, 0.2) is 18.3 Å². The first-order chi connectivity index (χ1) is 11.8. The van der Waals surface area contributed by atoms with Crippen molar-refractivity contribution in [2.24, 2.45) is 0 Å². The SMILES string of the molecule is Cc1ccc(S(=O)(=O)OC2C(C)OC(=O)OC3COC(=O)OC32)cc1. The van der Waals surface area contributed by atoms with Gasteiger partial charge in [0.1, 0.15) is 12.7 Å². The van der Waals surface area contributed by atoms with Crippen LogP contribution >= 0.6 is 0 Å². The van der Waals surface area contributed by atoms with Gasteiger partial charge in [-0.3, -0.25) is 4.18 Å². The fraction of sp³-hybridized carbons (Fsp3) is 0.467. The molecule has 2 fully saturated rings. The Morgan fingerprint density at radius 2 is 1.72 bits per heavy atom. The van der Waals surface area contributed by atoms with E-state index in [0.29, 0.717) is 0 Å². The average Bonchev–Trinajstić information content (AvgIpc) is 2.64. The van der Waals surface area contributed by atoms with E-state index in [1.165, 1.54) is 19.1 Å². The quantitative estimate of drug-likeness (QED) is 0.575. The number of hydrogen-bond acceptors (Lipinski definition) is 9. The average molecular weight is 372 g/mol. The molecule has 0 saturated carbocycles. The van der Waals surface area contributed by atoms with Crippen LogP contribution in [0.15, 0.2) is 29.2 Å². The van der Waals surface area contributed by atoms with Crippen LogP contribution in [0, 0.1) is 6.92 Å². The van der Waals surface area contributed by atoms with Crippen molar-refractivity contribution in [1.29, 1.82) is 0 Å². The van der Waals surface area contributed by atoms with E-state index in [2.05, 4.69) is 4.74 Å². The number of hydrogen-bond donors (Lipinski definition) is 0. The molecule has 4 unspecified atom stereocenters. The zero-order valence-corrected chi connectivity index (χ0v) is 14.2. The Labute approximate surface area is 143 Å².